The molecule has 0 saturated carbocycles. The lowest BCUT2D eigenvalue weighted by Crippen LogP contribution is -2.33. The number of carbonyl (C=O) groups is 1. The van der Waals surface area contributed by atoms with Crippen molar-refractivity contribution >= 4 is 12.0 Å². The summed E-state index contributed by atoms with van der Waals surface area (Å²) in [4.78, 5) is 11.9. The summed E-state index contributed by atoms with van der Waals surface area (Å²) in [5.74, 6) is 0.734. The van der Waals surface area contributed by atoms with Crippen molar-refractivity contribution in [2.45, 2.75) is 45.6 Å². The number of hydrogen-bond donors (Lipinski definition) is 1. The van der Waals surface area contributed by atoms with Crippen LogP contribution in [0.4, 0.5) is 0 Å². The van der Waals surface area contributed by atoms with Gasteiger partial charge in [-0.15, -0.1) is 0 Å². The number of benzene rings is 1. The first-order valence-corrected chi connectivity index (χ1v) is 7.32. The van der Waals surface area contributed by atoms with E-state index >= 15 is 0 Å². The SMILES string of the molecule is CCCC(CCC)NC(=O)C=Cc1ccccc1OC. The number of rotatable bonds is 8. The number of carbonyl (C=O) groups excluding carboxylic acids is 1. The van der Waals surface area contributed by atoms with Crippen LogP contribution in [0.1, 0.15) is 45.1 Å². The zero-order chi connectivity index (χ0) is 14.8. The maximum Gasteiger partial charge on any atom is 0.244 e. The molecule has 3 heteroatoms. The van der Waals surface area contributed by atoms with Crippen LogP contribution in [0.5, 0.6) is 5.75 Å². The highest BCUT2D eigenvalue weighted by molar-refractivity contribution is 5.92. The number of hydrogen-bond acceptors (Lipinski definition) is 2. The molecule has 0 unspecified atom stereocenters. The Morgan fingerprint density at radius 2 is 1.90 bits per heavy atom. The van der Waals surface area contributed by atoms with E-state index in [1.165, 1.54) is 0 Å². The van der Waals surface area contributed by atoms with Crippen molar-refractivity contribution in [1.82, 2.24) is 5.32 Å². The second kappa shape index (κ2) is 9.18. The average molecular weight is 275 g/mol. The molecule has 110 valence electrons. The molecule has 0 bridgehead atoms. The van der Waals surface area contributed by atoms with Crippen LogP contribution in [-0.4, -0.2) is 19.1 Å². The summed E-state index contributed by atoms with van der Waals surface area (Å²) < 4.78 is 5.25. The summed E-state index contributed by atoms with van der Waals surface area (Å²) in [6, 6.07) is 7.93. The van der Waals surface area contributed by atoms with Gasteiger partial charge in [0.2, 0.25) is 5.91 Å². The summed E-state index contributed by atoms with van der Waals surface area (Å²) in [6.07, 6.45) is 7.60. The van der Waals surface area contributed by atoms with Crippen LogP contribution >= 0.6 is 0 Å². The molecule has 0 aromatic heterocycles. The van der Waals surface area contributed by atoms with Crippen molar-refractivity contribution in [3.63, 3.8) is 0 Å². The first-order valence-electron chi connectivity index (χ1n) is 7.32. The van der Waals surface area contributed by atoms with E-state index in [0.29, 0.717) is 0 Å². The van der Waals surface area contributed by atoms with Crippen molar-refractivity contribution in [3.05, 3.63) is 35.9 Å². The fourth-order valence-electron chi connectivity index (χ4n) is 2.20. The first kappa shape index (κ1) is 16.3. The van der Waals surface area contributed by atoms with E-state index in [9.17, 15) is 4.79 Å². The van der Waals surface area contributed by atoms with Gasteiger partial charge in [0.1, 0.15) is 5.75 Å². The van der Waals surface area contributed by atoms with E-state index in [2.05, 4.69) is 19.2 Å². The third kappa shape index (κ3) is 5.47. The highest BCUT2D eigenvalue weighted by atomic mass is 16.5. The van der Waals surface area contributed by atoms with Gasteiger partial charge in [-0.2, -0.15) is 0 Å². The minimum atomic E-state index is -0.0391. The van der Waals surface area contributed by atoms with Gasteiger partial charge < -0.3 is 10.1 Å². The van der Waals surface area contributed by atoms with Crippen LogP contribution in [0.25, 0.3) is 6.08 Å². The molecule has 0 radical (unpaired) electrons. The Bertz CT molecular complexity index is 434. The summed E-state index contributed by atoms with van der Waals surface area (Å²) in [5, 5.41) is 3.06. The standard InChI is InChI=1S/C17H25NO2/c1-4-8-15(9-5-2)18-17(19)13-12-14-10-6-7-11-16(14)20-3/h6-7,10-13,15H,4-5,8-9H2,1-3H3,(H,18,19). The highest BCUT2D eigenvalue weighted by Gasteiger charge is 2.08. The maximum absolute atomic E-state index is 11.9. The lowest BCUT2D eigenvalue weighted by Gasteiger charge is -2.15. The molecule has 20 heavy (non-hydrogen) atoms. The fraction of sp³-hybridized carbons (Fsp3) is 0.471. The topological polar surface area (TPSA) is 38.3 Å². The molecular formula is C17H25NO2. The monoisotopic (exact) mass is 275 g/mol. The molecule has 0 fully saturated rings. The number of para-hydroxylation sites is 1. The average Bonchev–Trinajstić information content (AvgIpc) is 2.46. The molecule has 0 spiro atoms. The van der Waals surface area contributed by atoms with Crippen LogP contribution in [0.15, 0.2) is 30.3 Å². The Labute approximate surface area is 122 Å². The van der Waals surface area contributed by atoms with E-state index in [1.54, 1.807) is 19.3 Å². The van der Waals surface area contributed by atoms with Crippen LogP contribution in [0.3, 0.4) is 0 Å². The lowest BCUT2D eigenvalue weighted by molar-refractivity contribution is -0.117. The Morgan fingerprint density at radius 1 is 1.25 bits per heavy atom. The Morgan fingerprint density at radius 3 is 2.50 bits per heavy atom. The molecule has 0 atom stereocenters. The molecule has 0 aliphatic heterocycles. The summed E-state index contributed by atoms with van der Waals surface area (Å²) in [5.41, 5.74) is 0.910. The molecule has 0 aliphatic rings. The molecule has 0 aliphatic carbocycles. The van der Waals surface area contributed by atoms with Crippen LogP contribution in [0, 0.1) is 0 Å². The molecule has 3 nitrogen and oxygen atoms in total. The lowest BCUT2D eigenvalue weighted by atomic mass is 10.1. The third-order valence-electron chi connectivity index (χ3n) is 3.17. The van der Waals surface area contributed by atoms with Crippen LogP contribution in [0.2, 0.25) is 0 Å². The number of ether oxygens (including phenoxy) is 1. The van der Waals surface area contributed by atoms with E-state index in [1.807, 2.05) is 24.3 Å². The molecule has 1 aromatic carbocycles. The van der Waals surface area contributed by atoms with Gasteiger partial charge in [-0.3, -0.25) is 4.79 Å². The van der Waals surface area contributed by atoms with Gasteiger partial charge in [-0.25, -0.2) is 0 Å². The minimum absolute atomic E-state index is 0.0391. The third-order valence-corrected chi connectivity index (χ3v) is 3.17. The van der Waals surface area contributed by atoms with Crippen molar-refractivity contribution in [1.29, 1.82) is 0 Å². The zero-order valence-corrected chi connectivity index (χ0v) is 12.7. The van der Waals surface area contributed by atoms with Crippen molar-refractivity contribution in [2.24, 2.45) is 0 Å². The number of methoxy groups -OCH3 is 1. The second-order valence-corrected chi connectivity index (χ2v) is 4.86. The van der Waals surface area contributed by atoms with Gasteiger partial charge in [-0.05, 0) is 25.0 Å². The molecule has 0 heterocycles. The first-order chi connectivity index (χ1) is 9.71. The molecule has 1 amide bonds. The van der Waals surface area contributed by atoms with E-state index in [4.69, 9.17) is 4.74 Å². The molecular weight excluding hydrogens is 250 g/mol. The van der Waals surface area contributed by atoms with Crippen LogP contribution < -0.4 is 10.1 Å². The van der Waals surface area contributed by atoms with Crippen molar-refractivity contribution in [3.8, 4) is 5.75 Å². The molecule has 1 aromatic rings. The van der Waals surface area contributed by atoms with E-state index < -0.39 is 0 Å². The molecule has 1 N–H and O–H groups in total. The van der Waals surface area contributed by atoms with Crippen molar-refractivity contribution in [2.75, 3.05) is 7.11 Å². The van der Waals surface area contributed by atoms with Gasteiger partial charge in [-0.1, -0.05) is 44.9 Å². The Balaban J connectivity index is 2.62. The minimum Gasteiger partial charge on any atom is -0.496 e. The molecule has 0 saturated heterocycles. The van der Waals surface area contributed by atoms with E-state index in [0.717, 1.165) is 37.0 Å². The predicted octanol–water partition coefficient (Wildman–Crippen LogP) is 3.79. The van der Waals surface area contributed by atoms with Crippen molar-refractivity contribution < 1.29 is 9.53 Å². The number of nitrogens with one attached hydrogen (secondary N) is 1. The quantitative estimate of drug-likeness (QED) is 0.733. The smallest absolute Gasteiger partial charge is 0.244 e. The van der Waals surface area contributed by atoms with Crippen LogP contribution in [-0.2, 0) is 4.79 Å². The molecule has 1 rings (SSSR count). The highest BCUT2D eigenvalue weighted by Crippen LogP contribution is 2.18. The number of amides is 1. The van der Waals surface area contributed by atoms with Gasteiger partial charge in [0.05, 0.1) is 7.11 Å². The Kier molecular flexibility index (Phi) is 7.48. The fourth-order valence-corrected chi connectivity index (χ4v) is 2.20. The van der Waals surface area contributed by atoms with Gasteiger partial charge in [0.25, 0.3) is 0 Å². The normalized spacial score (nSPS) is 11.0. The second-order valence-electron chi connectivity index (χ2n) is 4.86. The van der Waals surface area contributed by atoms with Gasteiger partial charge in [0.15, 0.2) is 0 Å². The Hall–Kier alpha value is -1.77. The summed E-state index contributed by atoms with van der Waals surface area (Å²) in [6.45, 7) is 4.28. The predicted molar refractivity (Wildman–Crippen MR) is 83.8 cm³/mol. The largest absolute Gasteiger partial charge is 0.496 e. The maximum atomic E-state index is 11.9. The summed E-state index contributed by atoms with van der Waals surface area (Å²) >= 11 is 0. The van der Waals surface area contributed by atoms with Gasteiger partial charge in [0, 0.05) is 17.7 Å². The zero-order valence-electron chi connectivity index (χ0n) is 12.7. The van der Waals surface area contributed by atoms with E-state index in [-0.39, 0.29) is 11.9 Å². The van der Waals surface area contributed by atoms with Gasteiger partial charge >= 0.3 is 0 Å². The summed E-state index contributed by atoms with van der Waals surface area (Å²) in [7, 11) is 1.63.